The van der Waals surface area contributed by atoms with Gasteiger partial charge in [0.05, 0.1) is 25.9 Å². The molecule has 0 aliphatic heterocycles. The van der Waals surface area contributed by atoms with Crippen LogP contribution in [0.2, 0.25) is 0 Å². The van der Waals surface area contributed by atoms with Gasteiger partial charge in [-0.25, -0.2) is 9.78 Å². The summed E-state index contributed by atoms with van der Waals surface area (Å²) < 4.78 is 0. The van der Waals surface area contributed by atoms with Crippen LogP contribution in [0, 0.1) is 0 Å². The lowest BCUT2D eigenvalue weighted by Crippen LogP contribution is -2.38. The molecule has 0 saturated carbocycles. The minimum atomic E-state index is -0.325. The number of aliphatic hydroxyl groups excluding tert-OH is 2. The molecule has 2 N–H and O–H groups in total. The molecule has 0 aliphatic rings. The van der Waals surface area contributed by atoms with Gasteiger partial charge in [0, 0.05) is 13.1 Å². The third-order valence-electron chi connectivity index (χ3n) is 9.11. The van der Waals surface area contributed by atoms with E-state index in [0.29, 0.717) is 19.7 Å². The van der Waals surface area contributed by atoms with Crippen molar-refractivity contribution >= 4 is 0 Å². The fourth-order valence-electron chi connectivity index (χ4n) is 6.16. The molecule has 46 heavy (non-hydrogen) atoms. The number of allylic oxidation sites excluding steroid dienone is 4. The monoisotopic (exact) mass is 652 g/mol. The van der Waals surface area contributed by atoms with E-state index in [1.54, 1.807) is 7.11 Å². The Hall–Kier alpha value is -0.720. The van der Waals surface area contributed by atoms with Gasteiger partial charge in [-0.15, -0.1) is 0 Å². The molecule has 0 aliphatic carbocycles. The molecule has 0 bridgehead atoms. The van der Waals surface area contributed by atoms with Gasteiger partial charge in [0.1, 0.15) is 0 Å². The van der Waals surface area contributed by atoms with Crippen LogP contribution in [0.15, 0.2) is 24.3 Å². The van der Waals surface area contributed by atoms with Crippen molar-refractivity contribution in [2.45, 2.75) is 206 Å². The minimum Gasteiger partial charge on any atom is -0.392 e. The van der Waals surface area contributed by atoms with Gasteiger partial charge in [0.2, 0.25) is 0 Å². The summed E-state index contributed by atoms with van der Waals surface area (Å²) in [4.78, 5) is 12.0. The van der Waals surface area contributed by atoms with Gasteiger partial charge >= 0.3 is 0 Å². The summed E-state index contributed by atoms with van der Waals surface area (Å²) in [6.07, 6.45) is 43.3. The van der Waals surface area contributed by atoms with Crippen molar-refractivity contribution in [2.75, 3.05) is 33.4 Å². The normalized spacial score (nSPS) is 13.5. The molecule has 5 heteroatoms. The van der Waals surface area contributed by atoms with Gasteiger partial charge in [0.15, 0.2) is 0 Å². The number of hydrogen-bond acceptors (Lipinski definition) is 5. The van der Waals surface area contributed by atoms with E-state index in [-0.39, 0.29) is 12.2 Å². The lowest BCUT2D eigenvalue weighted by atomic mass is 10.1. The fourth-order valence-corrected chi connectivity index (χ4v) is 6.16. The van der Waals surface area contributed by atoms with Gasteiger partial charge < -0.3 is 10.2 Å². The van der Waals surface area contributed by atoms with Crippen molar-refractivity contribution < 1.29 is 20.0 Å². The maximum Gasteiger partial charge on any atom is 0.0822 e. The van der Waals surface area contributed by atoms with Gasteiger partial charge in [0.25, 0.3) is 0 Å². The Morgan fingerprint density at radius 1 is 0.478 bits per heavy atom. The highest BCUT2D eigenvalue weighted by atomic mass is 17.2. The second kappa shape index (κ2) is 38.7. The third-order valence-corrected chi connectivity index (χ3v) is 9.11. The van der Waals surface area contributed by atoms with Crippen molar-refractivity contribution in [2.24, 2.45) is 0 Å². The van der Waals surface area contributed by atoms with Crippen molar-refractivity contribution in [1.82, 2.24) is 4.90 Å². The predicted molar refractivity (Wildman–Crippen MR) is 200 cm³/mol. The molecule has 0 aromatic heterocycles. The van der Waals surface area contributed by atoms with Crippen LogP contribution in [0.4, 0.5) is 0 Å². The second-order valence-corrected chi connectivity index (χ2v) is 13.8. The van der Waals surface area contributed by atoms with E-state index in [1.165, 1.54) is 141 Å². The quantitative estimate of drug-likeness (QED) is 0.0301. The SMILES string of the molecule is CCCCCCCC/C=C\CCCCCCC(O)CN(CCCCOOC)CC(O)CCCCCC/C=C\CCCCCCCC. The summed E-state index contributed by atoms with van der Waals surface area (Å²) in [7, 11) is 1.54. The van der Waals surface area contributed by atoms with E-state index in [2.05, 4.69) is 43.1 Å². The van der Waals surface area contributed by atoms with Crippen LogP contribution in [0.25, 0.3) is 0 Å². The van der Waals surface area contributed by atoms with Gasteiger partial charge in [-0.05, 0) is 83.6 Å². The Balaban J connectivity index is 4.03. The molecule has 0 heterocycles. The van der Waals surface area contributed by atoms with Crippen LogP contribution in [0.3, 0.4) is 0 Å². The molecule has 0 fully saturated rings. The second-order valence-electron chi connectivity index (χ2n) is 13.8. The molecule has 2 unspecified atom stereocenters. The predicted octanol–water partition coefficient (Wildman–Crippen LogP) is 11.7. The van der Waals surface area contributed by atoms with Crippen LogP contribution in [-0.4, -0.2) is 60.7 Å². The van der Waals surface area contributed by atoms with Crippen LogP contribution in [0.5, 0.6) is 0 Å². The molecule has 0 saturated heterocycles. The molecular formula is C41H81NO4. The highest BCUT2D eigenvalue weighted by Gasteiger charge is 2.15. The summed E-state index contributed by atoms with van der Waals surface area (Å²) in [5.41, 5.74) is 0. The van der Waals surface area contributed by atoms with Gasteiger partial charge in [-0.2, -0.15) is 0 Å². The van der Waals surface area contributed by atoms with E-state index in [1.807, 2.05) is 0 Å². The zero-order valence-corrected chi connectivity index (χ0v) is 31.2. The number of nitrogens with zero attached hydrogens (tertiary/aromatic N) is 1. The fraction of sp³-hybridized carbons (Fsp3) is 0.902. The van der Waals surface area contributed by atoms with E-state index < -0.39 is 0 Å². The van der Waals surface area contributed by atoms with Crippen molar-refractivity contribution in [3.05, 3.63) is 24.3 Å². The van der Waals surface area contributed by atoms with E-state index >= 15 is 0 Å². The molecule has 5 nitrogen and oxygen atoms in total. The maximum absolute atomic E-state index is 10.8. The first-order valence-electron chi connectivity index (χ1n) is 20.2. The number of aliphatic hydroxyl groups is 2. The largest absolute Gasteiger partial charge is 0.392 e. The molecule has 0 spiro atoms. The van der Waals surface area contributed by atoms with E-state index in [0.717, 1.165) is 45.1 Å². The lowest BCUT2D eigenvalue weighted by Gasteiger charge is -2.27. The molecule has 0 amide bonds. The average molecular weight is 652 g/mol. The lowest BCUT2D eigenvalue weighted by molar-refractivity contribution is -0.272. The molecule has 0 aromatic carbocycles. The summed E-state index contributed by atoms with van der Waals surface area (Å²) in [5.74, 6) is 0. The van der Waals surface area contributed by atoms with Crippen molar-refractivity contribution in [3.8, 4) is 0 Å². The molecule has 2 atom stereocenters. The summed E-state index contributed by atoms with van der Waals surface area (Å²) in [5, 5.41) is 21.6. The smallest absolute Gasteiger partial charge is 0.0822 e. The topological polar surface area (TPSA) is 62.2 Å². The Kier molecular flexibility index (Phi) is 38.1. The van der Waals surface area contributed by atoms with Crippen LogP contribution in [0.1, 0.15) is 194 Å². The number of rotatable bonds is 38. The Labute approximate surface area is 287 Å². The Morgan fingerprint density at radius 3 is 1.24 bits per heavy atom. The first-order chi connectivity index (χ1) is 22.6. The highest BCUT2D eigenvalue weighted by molar-refractivity contribution is 4.82. The molecule has 0 rings (SSSR count). The summed E-state index contributed by atoms with van der Waals surface area (Å²) in [6, 6.07) is 0. The number of hydrogen-bond donors (Lipinski definition) is 2. The molecular weight excluding hydrogens is 570 g/mol. The summed E-state index contributed by atoms with van der Waals surface area (Å²) >= 11 is 0. The third kappa shape index (κ3) is 36.1. The molecule has 0 radical (unpaired) electrons. The average Bonchev–Trinajstić information content (AvgIpc) is 3.04. The van der Waals surface area contributed by atoms with Crippen molar-refractivity contribution in [1.29, 1.82) is 0 Å². The molecule has 274 valence electrons. The van der Waals surface area contributed by atoms with Crippen LogP contribution < -0.4 is 0 Å². The summed E-state index contributed by atoms with van der Waals surface area (Å²) in [6.45, 7) is 7.30. The minimum absolute atomic E-state index is 0.325. The first kappa shape index (κ1) is 45.3. The zero-order chi connectivity index (χ0) is 33.6. The molecule has 0 aromatic rings. The van der Waals surface area contributed by atoms with Gasteiger partial charge in [-0.1, -0.05) is 141 Å². The van der Waals surface area contributed by atoms with Crippen molar-refractivity contribution in [3.63, 3.8) is 0 Å². The highest BCUT2D eigenvalue weighted by Crippen LogP contribution is 2.14. The van der Waals surface area contributed by atoms with Crippen LogP contribution >= 0.6 is 0 Å². The number of unbranched alkanes of at least 4 members (excludes halogenated alkanes) is 21. The van der Waals surface area contributed by atoms with E-state index in [4.69, 9.17) is 9.78 Å². The Morgan fingerprint density at radius 2 is 0.848 bits per heavy atom. The van der Waals surface area contributed by atoms with Crippen LogP contribution in [-0.2, 0) is 9.78 Å². The van der Waals surface area contributed by atoms with E-state index in [9.17, 15) is 10.2 Å². The Bertz CT molecular complexity index is 580. The van der Waals surface area contributed by atoms with Gasteiger partial charge in [-0.3, -0.25) is 4.90 Å². The first-order valence-corrected chi connectivity index (χ1v) is 20.2. The standard InChI is InChI=1S/C41H81NO4/c1-4-6-8-10-12-14-16-18-20-22-24-26-28-30-34-40(43)38-42(36-32-33-37-46-45-3)39-41(44)35-31-29-27-25-23-21-19-17-15-13-11-9-7-5-2/h18-21,40-41,43-44H,4-17,22-39H2,1-3H3/b20-18-,21-19-. The maximum atomic E-state index is 10.8. The zero-order valence-electron chi connectivity index (χ0n) is 31.2.